The number of methoxy groups -OCH3 is 1. The van der Waals surface area contributed by atoms with Crippen molar-refractivity contribution in [3.63, 3.8) is 0 Å². The molecule has 1 heterocycles. The Morgan fingerprint density at radius 2 is 2.05 bits per heavy atom. The number of benzene rings is 1. The molecule has 0 spiro atoms. The molecule has 0 aromatic heterocycles. The number of hydrogen-bond acceptors (Lipinski definition) is 4. The highest BCUT2D eigenvalue weighted by Crippen LogP contribution is 2.27. The minimum Gasteiger partial charge on any atom is -0.496 e. The quantitative estimate of drug-likeness (QED) is 0.888. The molecule has 4 nitrogen and oxygen atoms in total. The molecule has 112 valence electrons. The van der Waals surface area contributed by atoms with Crippen LogP contribution in [0.2, 0.25) is 0 Å². The van der Waals surface area contributed by atoms with Crippen molar-refractivity contribution in [3.8, 4) is 5.75 Å². The summed E-state index contributed by atoms with van der Waals surface area (Å²) in [5, 5.41) is 10.5. The van der Waals surface area contributed by atoms with Gasteiger partial charge in [-0.3, -0.25) is 4.90 Å². The second-order valence-corrected chi connectivity index (χ2v) is 5.98. The van der Waals surface area contributed by atoms with Gasteiger partial charge in [0.05, 0.1) is 13.2 Å². The maximum Gasteiger partial charge on any atom is 0.124 e. The van der Waals surface area contributed by atoms with Gasteiger partial charge < -0.3 is 14.7 Å². The highest BCUT2D eigenvalue weighted by atomic mass is 16.5. The van der Waals surface area contributed by atoms with Gasteiger partial charge in [-0.2, -0.15) is 0 Å². The van der Waals surface area contributed by atoms with E-state index in [-0.39, 0.29) is 0 Å². The molecule has 0 bridgehead atoms. The van der Waals surface area contributed by atoms with Gasteiger partial charge in [-0.25, -0.2) is 0 Å². The van der Waals surface area contributed by atoms with Crippen LogP contribution >= 0.6 is 0 Å². The minimum absolute atomic E-state index is 0.501. The normalized spacial score (nSPS) is 25.1. The number of aliphatic hydroxyl groups is 1. The Labute approximate surface area is 122 Å². The standard InChI is InChI=1S/C16H26N2O2/c1-12-9-18(10-14(12)17(2)3)11-15(19)13-7-5-6-8-16(13)20-4/h5-8,12,14-15,19H,9-11H2,1-4H3. The van der Waals surface area contributed by atoms with Crippen LogP contribution in [0.4, 0.5) is 0 Å². The predicted octanol–water partition coefficient (Wildman–Crippen LogP) is 1.61. The van der Waals surface area contributed by atoms with Gasteiger partial charge in [0.15, 0.2) is 0 Å². The van der Waals surface area contributed by atoms with Crippen molar-refractivity contribution in [3.05, 3.63) is 29.8 Å². The number of rotatable bonds is 5. The SMILES string of the molecule is COc1ccccc1C(O)CN1CC(C)C(N(C)C)C1. The molecule has 2 rings (SSSR count). The lowest BCUT2D eigenvalue weighted by molar-refractivity contribution is 0.119. The molecule has 4 heteroatoms. The summed E-state index contributed by atoms with van der Waals surface area (Å²) in [6, 6.07) is 8.27. The van der Waals surface area contributed by atoms with Crippen molar-refractivity contribution in [2.45, 2.75) is 19.1 Å². The Morgan fingerprint density at radius 3 is 2.65 bits per heavy atom. The van der Waals surface area contributed by atoms with Gasteiger partial charge in [0, 0.05) is 31.2 Å². The third kappa shape index (κ3) is 3.32. The molecule has 0 aliphatic carbocycles. The van der Waals surface area contributed by atoms with Crippen molar-refractivity contribution < 1.29 is 9.84 Å². The average Bonchev–Trinajstić information content (AvgIpc) is 2.79. The van der Waals surface area contributed by atoms with Crippen LogP contribution in [-0.2, 0) is 0 Å². The molecule has 0 radical (unpaired) electrons. The van der Waals surface area contributed by atoms with E-state index in [4.69, 9.17) is 4.74 Å². The number of likely N-dealkylation sites (N-methyl/N-ethyl adjacent to an activating group) is 1. The van der Waals surface area contributed by atoms with Gasteiger partial charge in [-0.05, 0) is 26.1 Å². The number of β-amino-alcohol motifs (C(OH)–C–C–N with tert-alkyl or cyclic N) is 1. The molecular weight excluding hydrogens is 252 g/mol. The third-order valence-corrected chi connectivity index (χ3v) is 4.24. The second-order valence-electron chi connectivity index (χ2n) is 5.98. The Morgan fingerprint density at radius 1 is 1.35 bits per heavy atom. The van der Waals surface area contributed by atoms with Gasteiger partial charge in [0.25, 0.3) is 0 Å². The fourth-order valence-corrected chi connectivity index (χ4v) is 3.15. The van der Waals surface area contributed by atoms with Crippen molar-refractivity contribution in [1.29, 1.82) is 0 Å². The average molecular weight is 278 g/mol. The predicted molar refractivity (Wildman–Crippen MR) is 81.0 cm³/mol. The van der Waals surface area contributed by atoms with Crippen molar-refractivity contribution in [1.82, 2.24) is 9.80 Å². The first-order valence-electron chi connectivity index (χ1n) is 7.22. The molecule has 1 aliphatic heterocycles. The molecule has 1 N–H and O–H groups in total. The second kappa shape index (κ2) is 6.57. The lowest BCUT2D eigenvalue weighted by Crippen LogP contribution is -2.35. The van der Waals surface area contributed by atoms with Gasteiger partial charge in [-0.1, -0.05) is 25.1 Å². The van der Waals surface area contributed by atoms with E-state index in [9.17, 15) is 5.11 Å². The summed E-state index contributed by atoms with van der Waals surface area (Å²) in [5.41, 5.74) is 0.871. The molecule has 1 aromatic rings. The van der Waals surface area contributed by atoms with E-state index in [1.54, 1.807) is 7.11 Å². The molecule has 20 heavy (non-hydrogen) atoms. The first kappa shape index (κ1) is 15.3. The van der Waals surface area contributed by atoms with Crippen LogP contribution in [0.5, 0.6) is 5.75 Å². The van der Waals surface area contributed by atoms with Crippen molar-refractivity contribution >= 4 is 0 Å². The highest BCUT2D eigenvalue weighted by molar-refractivity contribution is 5.35. The van der Waals surface area contributed by atoms with Crippen molar-refractivity contribution in [2.24, 2.45) is 5.92 Å². The zero-order valence-electron chi connectivity index (χ0n) is 12.9. The molecule has 0 amide bonds. The molecule has 3 unspecified atom stereocenters. The molecule has 0 saturated carbocycles. The largest absolute Gasteiger partial charge is 0.496 e. The third-order valence-electron chi connectivity index (χ3n) is 4.24. The number of aliphatic hydroxyl groups excluding tert-OH is 1. The Balaban J connectivity index is 2.00. The number of likely N-dealkylation sites (tertiary alicyclic amines) is 1. The Kier molecular flexibility index (Phi) is 5.02. The smallest absolute Gasteiger partial charge is 0.124 e. The lowest BCUT2D eigenvalue weighted by atomic mass is 10.1. The molecule has 1 saturated heterocycles. The molecular formula is C16H26N2O2. The number of ether oxygens (including phenoxy) is 1. The maximum absolute atomic E-state index is 10.5. The number of para-hydroxylation sites is 1. The van der Waals surface area contributed by atoms with E-state index < -0.39 is 6.10 Å². The molecule has 3 atom stereocenters. The zero-order valence-corrected chi connectivity index (χ0v) is 12.9. The van der Waals surface area contributed by atoms with Gasteiger partial charge in [0.1, 0.15) is 5.75 Å². The summed E-state index contributed by atoms with van der Waals surface area (Å²) in [7, 11) is 5.90. The Hall–Kier alpha value is -1.10. The fraction of sp³-hybridized carbons (Fsp3) is 0.625. The van der Waals surface area contributed by atoms with E-state index in [1.165, 1.54) is 0 Å². The first-order valence-corrected chi connectivity index (χ1v) is 7.22. The van der Waals surface area contributed by atoms with Crippen molar-refractivity contribution in [2.75, 3.05) is 40.8 Å². The Bertz CT molecular complexity index is 436. The van der Waals surface area contributed by atoms with E-state index in [0.717, 1.165) is 24.4 Å². The summed E-state index contributed by atoms with van der Waals surface area (Å²) in [6.07, 6.45) is -0.501. The van der Waals surface area contributed by atoms with Crippen LogP contribution < -0.4 is 4.74 Å². The summed E-state index contributed by atoms with van der Waals surface area (Å²) >= 11 is 0. The molecule has 1 fully saturated rings. The number of hydrogen-bond donors (Lipinski definition) is 1. The fourth-order valence-electron chi connectivity index (χ4n) is 3.15. The van der Waals surface area contributed by atoms with Crippen LogP contribution in [0.15, 0.2) is 24.3 Å². The highest BCUT2D eigenvalue weighted by Gasteiger charge is 2.32. The summed E-state index contributed by atoms with van der Waals surface area (Å²) in [5.74, 6) is 1.39. The van der Waals surface area contributed by atoms with E-state index >= 15 is 0 Å². The van der Waals surface area contributed by atoms with Gasteiger partial charge >= 0.3 is 0 Å². The monoisotopic (exact) mass is 278 g/mol. The number of nitrogens with zero attached hydrogens (tertiary/aromatic N) is 2. The van der Waals surface area contributed by atoms with E-state index in [0.29, 0.717) is 18.5 Å². The summed E-state index contributed by atoms with van der Waals surface area (Å²) in [4.78, 5) is 4.62. The maximum atomic E-state index is 10.5. The summed E-state index contributed by atoms with van der Waals surface area (Å²) < 4.78 is 5.32. The van der Waals surface area contributed by atoms with E-state index in [1.807, 2.05) is 24.3 Å². The summed E-state index contributed by atoms with van der Waals surface area (Å²) in [6.45, 7) is 4.99. The molecule has 1 aromatic carbocycles. The van der Waals surface area contributed by atoms with Crippen LogP contribution in [0, 0.1) is 5.92 Å². The van der Waals surface area contributed by atoms with Crippen LogP contribution in [0.1, 0.15) is 18.6 Å². The van der Waals surface area contributed by atoms with Gasteiger partial charge in [-0.15, -0.1) is 0 Å². The zero-order chi connectivity index (χ0) is 14.7. The topological polar surface area (TPSA) is 35.9 Å². The van der Waals surface area contributed by atoms with Crippen LogP contribution in [-0.4, -0.2) is 61.8 Å². The van der Waals surface area contributed by atoms with Crippen LogP contribution in [0.3, 0.4) is 0 Å². The minimum atomic E-state index is -0.501. The lowest BCUT2D eigenvalue weighted by Gasteiger charge is -2.24. The van der Waals surface area contributed by atoms with Gasteiger partial charge in [0.2, 0.25) is 0 Å². The van der Waals surface area contributed by atoms with Crippen LogP contribution in [0.25, 0.3) is 0 Å². The first-order chi connectivity index (χ1) is 9.52. The molecule has 1 aliphatic rings. The van der Waals surface area contributed by atoms with E-state index in [2.05, 4.69) is 30.8 Å².